The number of piperidine rings is 2. The number of nitrogens with zero attached hydrogens (tertiary/aromatic N) is 6. The Morgan fingerprint density at radius 3 is 2.73 bits per heavy atom. The number of ether oxygens (including phenoxy) is 4. The molecule has 0 bridgehead atoms. The number of anilines is 1. The molecule has 5 fully saturated rings. The summed E-state index contributed by atoms with van der Waals surface area (Å²) >= 11 is 6.65. The standard InChI is InChI=1S/C37H44ClFN8O5/c1-20-24(38)15-25-23(16-41-45-25)27(20)30-29(39)31-28(33(42-30)50-3)32(46-11-6-10-37(18-46)17-40-35(48)52-37)44-34(43-31)51-19-36-8-4-7-26(36)47(12-5-9-36)21-13-22(14-21)49-2/h15-16,21-22,26H,4-14,17-19H2,1-3H3,(H,40,48)(H,41,45)/t21?,22?,26-,36-,37+/m1/s1. The van der Waals surface area contributed by atoms with Crippen LogP contribution in [0.3, 0.4) is 0 Å². The molecule has 0 unspecified atom stereocenters. The third-order valence-corrected chi connectivity index (χ3v) is 12.9. The van der Waals surface area contributed by atoms with Crippen LogP contribution in [0.4, 0.5) is 15.0 Å². The maximum atomic E-state index is 17.3. The second-order valence-corrected chi connectivity index (χ2v) is 15.8. The number of H-pyrrole nitrogens is 1. The summed E-state index contributed by atoms with van der Waals surface area (Å²) in [5.74, 6) is -0.0486. The first-order valence-corrected chi connectivity index (χ1v) is 18.8. The third kappa shape index (κ3) is 5.43. The van der Waals surface area contributed by atoms with Crippen molar-refractivity contribution in [3.8, 4) is 23.1 Å². The highest BCUT2D eigenvalue weighted by Crippen LogP contribution is 2.51. The maximum absolute atomic E-state index is 17.3. The first kappa shape index (κ1) is 33.8. The van der Waals surface area contributed by atoms with E-state index >= 15 is 4.39 Å². The van der Waals surface area contributed by atoms with Gasteiger partial charge in [-0.15, -0.1) is 0 Å². The number of methoxy groups -OCH3 is 2. The van der Waals surface area contributed by atoms with E-state index in [1.54, 1.807) is 19.4 Å². The number of carbonyl (C=O) groups is 1. The first-order chi connectivity index (χ1) is 25.2. The number of hydrogen-bond acceptors (Lipinski definition) is 11. The van der Waals surface area contributed by atoms with Crippen molar-refractivity contribution >= 4 is 45.3 Å². The predicted octanol–water partition coefficient (Wildman–Crippen LogP) is 5.95. The molecule has 3 atom stereocenters. The number of halogens is 2. The molecule has 1 spiro atoms. The van der Waals surface area contributed by atoms with Gasteiger partial charge in [-0.1, -0.05) is 18.0 Å². The molecule has 2 saturated carbocycles. The topological polar surface area (TPSA) is 140 Å². The molecule has 5 aliphatic rings. The van der Waals surface area contributed by atoms with E-state index in [2.05, 4.69) is 20.4 Å². The number of rotatable bonds is 8. The number of aromatic amines is 1. The van der Waals surface area contributed by atoms with Crippen LogP contribution in [0.1, 0.15) is 63.4 Å². The zero-order chi connectivity index (χ0) is 35.8. The number of benzene rings is 1. The highest BCUT2D eigenvalue weighted by molar-refractivity contribution is 6.33. The number of amides is 1. The van der Waals surface area contributed by atoms with E-state index < -0.39 is 17.5 Å². The Balaban J connectivity index is 1.15. The number of pyridine rings is 1. The molecule has 52 heavy (non-hydrogen) atoms. The molecule has 13 nitrogen and oxygen atoms in total. The molecule has 9 rings (SSSR count). The third-order valence-electron chi connectivity index (χ3n) is 12.5. The molecule has 15 heteroatoms. The molecule has 3 aromatic heterocycles. The van der Waals surface area contributed by atoms with Crippen molar-refractivity contribution in [2.45, 2.75) is 88.5 Å². The summed E-state index contributed by atoms with van der Waals surface area (Å²) in [6, 6.07) is 2.81. The highest BCUT2D eigenvalue weighted by atomic mass is 35.5. The largest absolute Gasteiger partial charge is 0.480 e. The minimum absolute atomic E-state index is 0.0323. The zero-order valence-electron chi connectivity index (χ0n) is 29.8. The van der Waals surface area contributed by atoms with E-state index in [-0.39, 0.29) is 28.5 Å². The van der Waals surface area contributed by atoms with E-state index in [0.717, 1.165) is 57.9 Å². The fourth-order valence-electron chi connectivity index (χ4n) is 9.77. The highest BCUT2D eigenvalue weighted by Gasteiger charge is 2.52. The Kier molecular flexibility index (Phi) is 8.34. The quantitative estimate of drug-likeness (QED) is 0.222. The van der Waals surface area contributed by atoms with Crippen LogP contribution in [-0.4, -0.2) is 107 Å². The van der Waals surface area contributed by atoms with Crippen LogP contribution in [0.25, 0.3) is 33.1 Å². The number of likely N-dealkylation sites (tertiary alicyclic amines) is 1. The van der Waals surface area contributed by atoms with Crippen molar-refractivity contribution in [2.24, 2.45) is 5.41 Å². The Morgan fingerprint density at radius 1 is 1.12 bits per heavy atom. The van der Waals surface area contributed by atoms with Crippen LogP contribution in [0.5, 0.6) is 11.9 Å². The van der Waals surface area contributed by atoms with Crippen LogP contribution >= 0.6 is 11.6 Å². The van der Waals surface area contributed by atoms with Gasteiger partial charge in [-0.05, 0) is 76.5 Å². The minimum Gasteiger partial charge on any atom is -0.480 e. The van der Waals surface area contributed by atoms with Crippen molar-refractivity contribution in [1.82, 2.24) is 35.4 Å². The Bertz CT molecular complexity index is 2060. The van der Waals surface area contributed by atoms with Gasteiger partial charge in [0.15, 0.2) is 5.82 Å². The van der Waals surface area contributed by atoms with Crippen LogP contribution < -0.4 is 19.7 Å². The van der Waals surface area contributed by atoms with E-state index in [9.17, 15) is 4.79 Å². The number of carbonyl (C=O) groups excluding carboxylic acids is 1. The van der Waals surface area contributed by atoms with Gasteiger partial charge in [-0.25, -0.2) is 14.2 Å². The van der Waals surface area contributed by atoms with Crippen molar-refractivity contribution in [3.05, 3.63) is 28.7 Å². The molecular formula is C37H44ClFN8O5. The van der Waals surface area contributed by atoms with Crippen molar-refractivity contribution in [2.75, 3.05) is 51.9 Å². The molecule has 1 amide bonds. The molecule has 3 saturated heterocycles. The van der Waals surface area contributed by atoms with Gasteiger partial charge >= 0.3 is 12.1 Å². The molecule has 276 valence electrons. The van der Waals surface area contributed by atoms with E-state index in [1.165, 1.54) is 7.11 Å². The average molecular weight is 735 g/mol. The van der Waals surface area contributed by atoms with Gasteiger partial charge in [-0.3, -0.25) is 10.00 Å². The van der Waals surface area contributed by atoms with Crippen molar-refractivity contribution in [1.29, 1.82) is 0 Å². The first-order valence-electron chi connectivity index (χ1n) is 18.4. The average Bonchev–Trinajstić information content (AvgIpc) is 3.87. The van der Waals surface area contributed by atoms with Crippen molar-refractivity contribution < 1.29 is 28.1 Å². The molecule has 2 aliphatic carbocycles. The monoisotopic (exact) mass is 734 g/mol. The molecular weight excluding hydrogens is 691 g/mol. The number of hydrogen-bond donors (Lipinski definition) is 2. The van der Waals surface area contributed by atoms with Gasteiger partial charge in [0.2, 0.25) is 5.88 Å². The lowest BCUT2D eigenvalue weighted by Gasteiger charge is -2.53. The maximum Gasteiger partial charge on any atom is 0.407 e. The summed E-state index contributed by atoms with van der Waals surface area (Å²) in [7, 11) is 3.30. The Hall–Kier alpha value is -4.01. The smallest absolute Gasteiger partial charge is 0.407 e. The van der Waals surface area contributed by atoms with E-state index in [4.69, 9.17) is 45.5 Å². The normalized spacial score (nSPS) is 29.0. The van der Waals surface area contributed by atoms with Gasteiger partial charge < -0.3 is 29.2 Å². The molecule has 6 heterocycles. The number of fused-ring (bicyclic) bond motifs is 3. The molecule has 1 aromatic carbocycles. The summed E-state index contributed by atoms with van der Waals surface area (Å²) in [5, 5.41) is 11.4. The fourth-order valence-corrected chi connectivity index (χ4v) is 9.98. The van der Waals surface area contributed by atoms with Gasteiger partial charge in [0, 0.05) is 47.1 Å². The summed E-state index contributed by atoms with van der Waals surface area (Å²) in [6.07, 6.45) is 10.6. The van der Waals surface area contributed by atoms with Gasteiger partial charge in [0.05, 0.1) is 44.6 Å². The van der Waals surface area contributed by atoms with Gasteiger partial charge in [0.25, 0.3) is 0 Å². The molecule has 3 aliphatic heterocycles. The second kappa shape index (κ2) is 12.8. The number of nitrogens with one attached hydrogen (secondary N) is 2. The van der Waals surface area contributed by atoms with Crippen LogP contribution in [0, 0.1) is 18.2 Å². The van der Waals surface area contributed by atoms with Crippen molar-refractivity contribution in [3.63, 3.8) is 0 Å². The molecule has 4 aromatic rings. The molecule has 2 N–H and O–H groups in total. The van der Waals surface area contributed by atoms with E-state index in [0.29, 0.717) is 89.1 Å². The summed E-state index contributed by atoms with van der Waals surface area (Å²) in [4.78, 5) is 31.5. The van der Waals surface area contributed by atoms with Crippen LogP contribution in [0.15, 0.2) is 12.3 Å². The zero-order valence-corrected chi connectivity index (χ0v) is 30.5. The SMILES string of the molecule is COc1nc(-c2c(C)c(Cl)cc3[nH]ncc23)c(F)c2nc(OC[C@]34CCC[C@H]3N(C3CC(OC)C3)CCC4)nc(N3CCC[C@]4(CNC(=O)O4)C3)c12. The lowest BCUT2D eigenvalue weighted by molar-refractivity contribution is -0.0845. The summed E-state index contributed by atoms with van der Waals surface area (Å²) < 4.78 is 41.3. The summed E-state index contributed by atoms with van der Waals surface area (Å²) in [5.41, 5.74) is 1.11. The second-order valence-electron chi connectivity index (χ2n) is 15.4. The summed E-state index contributed by atoms with van der Waals surface area (Å²) in [6.45, 7) is 4.70. The van der Waals surface area contributed by atoms with E-state index in [1.807, 2.05) is 11.8 Å². The fraction of sp³-hybridized carbons (Fsp3) is 0.595. The van der Waals surface area contributed by atoms with Crippen LogP contribution in [-0.2, 0) is 9.47 Å². The lowest BCUT2D eigenvalue weighted by Crippen LogP contribution is -2.59. The lowest BCUT2D eigenvalue weighted by atomic mass is 9.73. The Morgan fingerprint density at radius 2 is 1.94 bits per heavy atom. The molecule has 0 radical (unpaired) electrons. The van der Waals surface area contributed by atoms with Gasteiger partial charge in [-0.2, -0.15) is 15.1 Å². The van der Waals surface area contributed by atoms with Gasteiger partial charge in [0.1, 0.15) is 28.0 Å². The Labute approximate surface area is 305 Å². The van der Waals surface area contributed by atoms with Crippen LogP contribution in [0.2, 0.25) is 5.02 Å². The number of alkyl carbamates (subject to hydrolysis) is 1. The number of aromatic nitrogens is 5. The minimum atomic E-state index is -0.734. The predicted molar refractivity (Wildman–Crippen MR) is 193 cm³/mol.